The number of hydrogen-bond donors (Lipinski definition) is 0. The average molecular weight is 735 g/mol. The molecule has 0 saturated carbocycles. The molecule has 10 aromatic rings. The first-order valence-corrected chi connectivity index (χ1v) is 20.0. The molecule has 0 fully saturated rings. The summed E-state index contributed by atoms with van der Waals surface area (Å²) in [6, 6.07) is 54.3. The van der Waals surface area contributed by atoms with Gasteiger partial charge in [-0.2, -0.15) is 10.5 Å². The Labute approximate surface area is 336 Å². The van der Waals surface area contributed by atoms with Gasteiger partial charge >= 0.3 is 0 Å². The zero-order chi connectivity index (χ0) is 39.1. The van der Waals surface area contributed by atoms with Crippen molar-refractivity contribution in [1.29, 1.82) is 10.5 Å². The van der Waals surface area contributed by atoms with Crippen LogP contribution in [0.3, 0.4) is 0 Å². The van der Waals surface area contributed by atoms with Gasteiger partial charge in [0.15, 0.2) is 0 Å². The van der Waals surface area contributed by atoms with E-state index in [9.17, 15) is 10.5 Å². The second-order valence-corrected chi connectivity index (χ2v) is 16.4. The number of hydrogen-bond acceptors (Lipinski definition) is 2. The molecule has 0 aliphatic heterocycles. The number of fused-ring (bicyclic) bond motifs is 11. The third-order valence-electron chi connectivity index (χ3n) is 13.4. The molecule has 0 radical (unpaired) electrons. The molecule has 2 aliphatic rings. The minimum absolute atomic E-state index is 0.673. The van der Waals surface area contributed by atoms with Crippen LogP contribution >= 0.6 is 0 Å². The summed E-state index contributed by atoms with van der Waals surface area (Å²) in [6.45, 7) is 8.45. The molecule has 0 aromatic heterocycles. The van der Waals surface area contributed by atoms with E-state index in [1.54, 1.807) is 0 Å². The molecule has 0 amide bonds. The predicted octanol–water partition coefficient (Wildman–Crippen LogP) is 15.1. The van der Waals surface area contributed by atoms with Gasteiger partial charge in [0.25, 0.3) is 0 Å². The van der Waals surface area contributed by atoms with Crippen LogP contribution in [0.1, 0.15) is 33.4 Å². The summed E-state index contributed by atoms with van der Waals surface area (Å²) in [4.78, 5) is 0. The summed E-state index contributed by atoms with van der Waals surface area (Å²) in [5, 5.41) is 33.2. The normalized spacial score (nSPS) is 12.1. The topological polar surface area (TPSA) is 47.6 Å². The monoisotopic (exact) mass is 734 g/mol. The summed E-state index contributed by atoms with van der Waals surface area (Å²) in [5.41, 5.74) is 19.7. The van der Waals surface area contributed by atoms with E-state index in [0.29, 0.717) is 11.1 Å². The molecule has 2 nitrogen and oxygen atoms in total. The van der Waals surface area contributed by atoms with Crippen LogP contribution in [0, 0.1) is 50.4 Å². The average Bonchev–Trinajstić information content (AvgIpc) is 3.74. The third-order valence-corrected chi connectivity index (χ3v) is 13.4. The minimum atomic E-state index is 0.673. The summed E-state index contributed by atoms with van der Waals surface area (Å²) in [5.74, 6) is 0. The fraction of sp³-hybridized carbons (Fsp3) is 0.0714. The van der Waals surface area contributed by atoms with Crippen molar-refractivity contribution < 1.29 is 0 Å². The van der Waals surface area contributed by atoms with Gasteiger partial charge in [0.2, 0.25) is 0 Å². The zero-order valence-corrected chi connectivity index (χ0v) is 32.6. The molecular weight excluding hydrogens is 701 g/mol. The van der Waals surface area contributed by atoms with Gasteiger partial charge in [0.1, 0.15) is 0 Å². The van der Waals surface area contributed by atoms with E-state index in [-0.39, 0.29) is 0 Å². The van der Waals surface area contributed by atoms with Gasteiger partial charge in [0, 0.05) is 11.1 Å². The van der Waals surface area contributed by atoms with Gasteiger partial charge < -0.3 is 0 Å². The molecule has 2 aliphatic carbocycles. The molecule has 58 heavy (non-hydrogen) atoms. The lowest BCUT2D eigenvalue weighted by Crippen LogP contribution is -1.96. The zero-order valence-electron chi connectivity index (χ0n) is 32.6. The molecule has 0 bridgehead atoms. The quantitative estimate of drug-likeness (QED) is 0.166. The highest BCUT2D eigenvalue weighted by molar-refractivity contribution is 6.30. The molecule has 0 atom stereocenters. The first-order valence-electron chi connectivity index (χ1n) is 20.0. The van der Waals surface area contributed by atoms with Gasteiger partial charge in [-0.1, -0.05) is 84.9 Å². The summed E-state index contributed by atoms with van der Waals surface area (Å²) < 4.78 is 0. The van der Waals surface area contributed by atoms with Crippen LogP contribution in [0.15, 0.2) is 133 Å². The van der Waals surface area contributed by atoms with Crippen LogP contribution in [-0.4, -0.2) is 0 Å². The lowest BCUT2D eigenvalue weighted by atomic mass is 9.82. The maximum absolute atomic E-state index is 10.7. The molecule has 0 spiro atoms. The van der Waals surface area contributed by atoms with Crippen molar-refractivity contribution in [1.82, 2.24) is 0 Å². The second-order valence-electron chi connectivity index (χ2n) is 16.4. The van der Waals surface area contributed by atoms with E-state index in [1.165, 1.54) is 71.4 Å². The van der Waals surface area contributed by atoms with Gasteiger partial charge in [-0.05, 0) is 208 Å². The van der Waals surface area contributed by atoms with Crippen LogP contribution in [0.25, 0.3) is 121 Å². The number of nitriles is 2. The Balaban J connectivity index is 1.29. The summed E-state index contributed by atoms with van der Waals surface area (Å²) >= 11 is 0. The van der Waals surface area contributed by atoms with Gasteiger partial charge in [-0.15, -0.1) is 0 Å². The smallest absolute Gasteiger partial charge is 0.0998 e. The summed E-state index contributed by atoms with van der Waals surface area (Å²) in [6.07, 6.45) is 0. The molecule has 0 saturated heterocycles. The van der Waals surface area contributed by atoms with Crippen molar-refractivity contribution in [3.05, 3.63) is 167 Å². The Kier molecular flexibility index (Phi) is 6.49. The molecular formula is C56H34N2. The highest BCUT2D eigenvalue weighted by atomic mass is 14.3. The lowest BCUT2D eigenvalue weighted by Gasteiger charge is -2.20. The number of benzene rings is 10. The van der Waals surface area contributed by atoms with Gasteiger partial charge in [-0.3, -0.25) is 0 Å². The standard InChI is InChI=1S/C56H34N2/c1-29-19-35(27-57)43(21-31(29)3)50-24-45-37(46-23-47-38-13-5-9-33-10-6-14-39(53(33)38)48(47)25-51(46)50)17-18-41-49(45)26-52-40-15-7-11-34-12-8-16-42(54(34)40)56(52)55(41)44-22-32(4)30(2)20-36(44)28-58/h5-26H,1-4H3. The number of nitrogens with zero attached hydrogens (tertiary/aromatic N) is 2. The fourth-order valence-corrected chi connectivity index (χ4v) is 10.4. The first kappa shape index (κ1) is 32.7. The second kappa shape index (κ2) is 11.5. The SMILES string of the molecule is Cc1cc(C#N)c(-c2cc3c4cc5c(c(-c6cc(C)c(C)cc6C#N)c4ccc3c3cc4c(cc23)-c2cccc3cccc-4c23)-c2cccc3cccc-5c23)cc1C. The molecule has 0 unspecified atom stereocenters. The van der Waals surface area contributed by atoms with Crippen LogP contribution in [0.5, 0.6) is 0 Å². The van der Waals surface area contributed by atoms with Crippen LogP contribution < -0.4 is 0 Å². The van der Waals surface area contributed by atoms with Crippen molar-refractivity contribution in [2.45, 2.75) is 27.7 Å². The van der Waals surface area contributed by atoms with Crippen molar-refractivity contribution in [3.8, 4) is 78.9 Å². The van der Waals surface area contributed by atoms with Crippen molar-refractivity contribution >= 4 is 53.9 Å². The van der Waals surface area contributed by atoms with E-state index in [4.69, 9.17) is 0 Å². The van der Waals surface area contributed by atoms with Gasteiger partial charge in [-0.25, -0.2) is 0 Å². The Morgan fingerprint density at radius 3 is 1.36 bits per heavy atom. The van der Waals surface area contributed by atoms with Gasteiger partial charge in [0.05, 0.1) is 23.3 Å². The van der Waals surface area contributed by atoms with Crippen LogP contribution in [0.4, 0.5) is 0 Å². The molecule has 2 heteroatoms. The lowest BCUT2D eigenvalue weighted by molar-refractivity contribution is 1.32. The maximum atomic E-state index is 10.7. The largest absolute Gasteiger partial charge is 0.192 e. The number of aryl methyl sites for hydroxylation is 4. The first-order chi connectivity index (χ1) is 28.3. The van der Waals surface area contributed by atoms with E-state index in [1.807, 2.05) is 12.1 Å². The third kappa shape index (κ3) is 4.19. The fourth-order valence-electron chi connectivity index (χ4n) is 10.4. The highest BCUT2D eigenvalue weighted by Gasteiger charge is 2.29. The van der Waals surface area contributed by atoms with E-state index < -0.39 is 0 Å². The van der Waals surface area contributed by atoms with E-state index in [2.05, 4.69) is 161 Å². The van der Waals surface area contributed by atoms with Crippen molar-refractivity contribution in [3.63, 3.8) is 0 Å². The highest BCUT2D eigenvalue weighted by Crippen LogP contribution is 2.56. The van der Waals surface area contributed by atoms with E-state index in [0.717, 1.165) is 71.4 Å². The molecule has 12 rings (SSSR count). The van der Waals surface area contributed by atoms with E-state index >= 15 is 0 Å². The Bertz CT molecular complexity index is 3670. The van der Waals surface area contributed by atoms with Crippen molar-refractivity contribution in [2.24, 2.45) is 0 Å². The Morgan fingerprint density at radius 1 is 0.310 bits per heavy atom. The minimum Gasteiger partial charge on any atom is -0.192 e. The summed E-state index contributed by atoms with van der Waals surface area (Å²) in [7, 11) is 0. The van der Waals surface area contributed by atoms with Crippen molar-refractivity contribution in [2.75, 3.05) is 0 Å². The van der Waals surface area contributed by atoms with Crippen LogP contribution in [-0.2, 0) is 0 Å². The number of rotatable bonds is 2. The predicted molar refractivity (Wildman–Crippen MR) is 242 cm³/mol. The molecule has 0 N–H and O–H groups in total. The Hall–Kier alpha value is -7.52. The molecule has 0 heterocycles. The molecule has 268 valence electrons. The molecule has 10 aromatic carbocycles. The van der Waals surface area contributed by atoms with Crippen LogP contribution in [0.2, 0.25) is 0 Å². The Morgan fingerprint density at radius 2 is 0.741 bits per heavy atom. The maximum Gasteiger partial charge on any atom is 0.0998 e.